The van der Waals surface area contributed by atoms with E-state index in [1.165, 1.54) is 78.7 Å². The molecule has 5 heteroatoms. The van der Waals surface area contributed by atoms with E-state index in [1.54, 1.807) is 0 Å². The van der Waals surface area contributed by atoms with Crippen molar-refractivity contribution < 1.29 is 34.6 Å². The summed E-state index contributed by atoms with van der Waals surface area (Å²) in [6.07, 6.45) is 10.8. The summed E-state index contributed by atoms with van der Waals surface area (Å²) in [7, 11) is 4.48. The van der Waals surface area contributed by atoms with Gasteiger partial charge in [-0.2, -0.15) is 12.5 Å². The van der Waals surface area contributed by atoms with E-state index < -0.39 is 0 Å². The second-order valence-electron chi connectivity index (χ2n) is 18.6. The summed E-state index contributed by atoms with van der Waals surface area (Å²) in [5, 5.41) is 15.0. The molecule has 0 spiro atoms. The van der Waals surface area contributed by atoms with Crippen molar-refractivity contribution in [3.8, 4) is 11.3 Å². The molecular weight excluding hydrogens is 871 g/mol. The number of benzene rings is 3. The van der Waals surface area contributed by atoms with Crippen LogP contribution in [0.1, 0.15) is 144 Å². The van der Waals surface area contributed by atoms with Gasteiger partial charge in [-0.25, -0.2) is 0 Å². The number of thiophene rings is 1. The van der Waals surface area contributed by atoms with Crippen LogP contribution >= 0.6 is 11.3 Å². The van der Waals surface area contributed by atoms with Gasteiger partial charge in [0.05, 0.1) is 17.6 Å². The van der Waals surface area contributed by atoms with Crippen LogP contribution in [-0.2, 0) is 30.3 Å². The third kappa shape index (κ3) is 9.54. The average Bonchev–Trinajstić information content (AvgIpc) is 3.47. The first kappa shape index (κ1) is 44.6. The van der Waals surface area contributed by atoms with E-state index in [2.05, 4.69) is 128 Å². The molecule has 3 aromatic carbocycles. The normalized spacial score (nSPS) is 16.1. The Morgan fingerprint density at radius 3 is 1.96 bits per heavy atom. The van der Waals surface area contributed by atoms with Gasteiger partial charge < -0.3 is 9.67 Å². The van der Waals surface area contributed by atoms with E-state index >= 15 is 0 Å². The minimum Gasteiger partial charge on any atom is -0.512 e. The molecule has 0 aliphatic heterocycles. The molecule has 3 nitrogen and oxygen atoms in total. The first-order valence-corrected chi connectivity index (χ1v) is 21.2. The maximum Gasteiger partial charge on any atom is 0.162 e. The van der Waals surface area contributed by atoms with Crippen LogP contribution < -0.4 is 4.57 Å². The fraction of sp³-hybridized carbons (Fsp3) is 0.480. The molecule has 1 saturated carbocycles. The summed E-state index contributed by atoms with van der Waals surface area (Å²) in [6, 6.07) is 20.4. The van der Waals surface area contributed by atoms with Crippen molar-refractivity contribution in [1.82, 2.24) is 0 Å². The van der Waals surface area contributed by atoms with Crippen molar-refractivity contribution in [2.24, 2.45) is 22.7 Å². The molecule has 6 rings (SSSR count). The van der Waals surface area contributed by atoms with E-state index in [0.29, 0.717) is 16.7 Å². The fourth-order valence-electron chi connectivity index (χ4n) is 9.58. The van der Waals surface area contributed by atoms with Gasteiger partial charge in [0.15, 0.2) is 5.78 Å². The number of aromatic nitrogens is 1. The average molecular weight is 937 g/mol. The van der Waals surface area contributed by atoms with Gasteiger partial charge in [-0.1, -0.05) is 124 Å². The van der Waals surface area contributed by atoms with Gasteiger partial charge in [-0.15, -0.1) is 34.4 Å². The zero-order valence-corrected chi connectivity index (χ0v) is 38.7. The number of ketones is 1. The molecule has 1 aliphatic carbocycles. The number of aliphatic hydroxyl groups is 1. The van der Waals surface area contributed by atoms with E-state index in [9.17, 15) is 9.90 Å². The van der Waals surface area contributed by atoms with Crippen LogP contribution in [-0.4, -0.2) is 10.9 Å². The number of allylic oxidation sites excluding steroid dienone is 2. The zero-order chi connectivity index (χ0) is 39.7. The van der Waals surface area contributed by atoms with Gasteiger partial charge in [0.2, 0.25) is 0 Å². The largest absolute Gasteiger partial charge is 0.512 e. The van der Waals surface area contributed by atoms with Crippen molar-refractivity contribution in [3.05, 3.63) is 103 Å². The van der Waals surface area contributed by atoms with Gasteiger partial charge >= 0.3 is 0 Å². The van der Waals surface area contributed by atoms with Gasteiger partial charge in [-0.3, -0.25) is 4.79 Å². The molecule has 1 fully saturated rings. The molecule has 0 unspecified atom stereocenters. The molecule has 0 amide bonds. The van der Waals surface area contributed by atoms with E-state index in [1.807, 2.05) is 39.0 Å². The number of hydrogen-bond acceptors (Lipinski definition) is 3. The summed E-state index contributed by atoms with van der Waals surface area (Å²) in [6.45, 7) is 29.4. The number of carbonyl (C=O) groups excluding carboxylic acids is 1. The van der Waals surface area contributed by atoms with Crippen molar-refractivity contribution >= 4 is 48.1 Å². The number of carbonyl (C=O) groups is 1. The number of hydrogen-bond donors (Lipinski definition) is 1. The molecule has 0 atom stereocenters. The fourth-order valence-corrected chi connectivity index (χ4v) is 11.0. The standard InChI is InChI=1S/C37H42NS.C13H24O2.Ir/c1-23-25-13-10-11-14-27(25)31(35(2,3)4)19-30(23)32-34-29(17-18-38(32)9)28-16-12-15-26(33(28)39-34)24-20-36(5,6)22-37(7,8)21-24;1-5-10(6-2)12(14)9-13(15)11(7-3)8-4;/h10-19,24H,1,9,20-22H2,2-8H3;9-11,14H,5-8H2,1-4H3;/q-1;;/b;12-9-;. The van der Waals surface area contributed by atoms with Gasteiger partial charge in [0, 0.05) is 54.5 Å². The second kappa shape index (κ2) is 17.6. The van der Waals surface area contributed by atoms with Crippen LogP contribution in [0.5, 0.6) is 0 Å². The Morgan fingerprint density at radius 1 is 0.855 bits per heavy atom. The van der Waals surface area contributed by atoms with Gasteiger partial charge in [0.1, 0.15) is 0 Å². The van der Waals surface area contributed by atoms with Gasteiger partial charge in [-0.05, 0) is 89.5 Å². The Morgan fingerprint density at radius 2 is 1.40 bits per heavy atom. The first-order chi connectivity index (χ1) is 25.4. The Balaban J connectivity index is 0.000000360. The van der Waals surface area contributed by atoms with Gasteiger partial charge in [0.25, 0.3) is 0 Å². The monoisotopic (exact) mass is 937 g/mol. The second-order valence-corrected chi connectivity index (χ2v) is 19.6. The van der Waals surface area contributed by atoms with Crippen molar-refractivity contribution in [3.63, 3.8) is 0 Å². The summed E-state index contributed by atoms with van der Waals surface area (Å²) >= 11 is 1.96. The SMILES string of the molecule is CCC(CC)C(=O)/C=C(\O)C(CC)CC.[CH2-]c1c(-c2c3sc4c(C5CC(C)(C)CC(C)(C)C5)cccc4c3cc[n+]2[CH2-])cc(C(C)(C)C)c2ccccc12.[Ir]. The van der Waals surface area contributed by atoms with E-state index in [4.69, 9.17) is 0 Å². The number of aliphatic hydroxyl groups excluding tert-OH is 1. The molecule has 2 aromatic heterocycles. The van der Waals surface area contributed by atoms with E-state index in [0.717, 1.165) is 31.2 Å². The third-order valence-electron chi connectivity index (χ3n) is 12.0. The van der Waals surface area contributed by atoms with Crippen molar-refractivity contribution in [1.29, 1.82) is 0 Å². The Hall–Kier alpha value is -3.11. The Labute approximate surface area is 350 Å². The molecular formula is C50H66IrNO2S-. The summed E-state index contributed by atoms with van der Waals surface area (Å²) < 4.78 is 4.82. The van der Waals surface area contributed by atoms with Crippen LogP contribution in [0.15, 0.2) is 72.6 Å². The molecule has 1 radical (unpaired) electrons. The summed E-state index contributed by atoms with van der Waals surface area (Å²) in [5.74, 6) is 1.12. The minimum atomic E-state index is 0. The molecule has 55 heavy (non-hydrogen) atoms. The molecule has 5 aromatic rings. The third-order valence-corrected chi connectivity index (χ3v) is 13.3. The topological polar surface area (TPSA) is 41.2 Å². The first-order valence-electron chi connectivity index (χ1n) is 20.4. The maximum absolute atomic E-state index is 11.7. The molecule has 2 heterocycles. The number of pyridine rings is 1. The number of nitrogens with zero attached hydrogens (tertiary/aromatic N) is 1. The summed E-state index contributed by atoms with van der Waals surface area (Å²) in [4.78, 5) is 11.7. The van der Waals surface area contributed by atoms with Crippen LogP contribution in [0.4, 0.5) is 0 Å². The Bertz CT molecular complexity index is 2140. The molecule has 1 N–H and O–H groups in total. The molecule has 299 valence electrons. The molecule has 1 aliphatic rings. The smallest absolute Gasteiger partial charge is 0.162 e. The predicted molar refractivity (Wildman–Crippen MR) is 234 cm³/mol. The quantitative estimate of drug-likeness (QED) is 0.0692. The summed E-state index contributed by atoms with van der Waals surface area (Å²) in [5.41, 5.74) is 7.03. The maximum atomic E-state index is 11.7. The van der Waals surface area contributed by atoms with Crippen LogP contribution in [0.3, 0.4) is 0 Å². The number of rotatable bonds is 9. The number of fused-ring (bicyclic) bond motifs is 4. The van der Waals surface area contributed by atoms with E-state index in [-0.39, 0.29) is 48.9 Å². The van der Waals surface area contributed by atoms with Crippen molar-refractivity contribution in [2.45, 2.75) is 132 Å². The molecule has 0 saturated heterocycles. The van der Waals surface area contributed by atoms with Crippen molar-refractivity contribution in [2.75, 3.05) is 0 Å². The predicted octanol–water partition coefficient (Wildman–Crippen LogP) is 14.5. The zero-order valence-electron chi connectivity index (χ0n) is 35.5. The Kier molecular flexibility index (Phi) is 14.3. The van der Waals surface area contributed by atoms with Crippen LogP contribution in [0.2, 0.25) is 0 Å². The van der Waals surface area contributed by atoms with Crippen LogP contribution in [0, 0.1) is 36.6 Å². The van der Waals surface area contributed by atoms with Crippen LogP contribution in [0.25, 0.3) is 42.2 Å². The molecule has 0 bridgehead atoms. The minimum absolute atomic E-state index is 0.